The number of hydrogen-bond acceptors (Lipinski definition) is 0. The van der Waals surface area contributed by atoms with Crippen LogP contribution in [0.5, 0.6) is 0 Å². The van der Waals surface area contributed by atoms with Gasteiger partial charge in [0.15, 0.2) is 0 Å². The molecular weight excluding hydrogens is 398 g/mol. The standard InChI is InChI=1S/2Lu.3O/q2*+3;3*-2. The molecule has 0 aliphatic heterocycles. The van der Waals surface area contributed by atoms with Crippen LogP contribution in [0.15, 0.2) is 0 Å². The first-order chi connectivity index (χ1) is 0. The van der Waals surface area contributed by atoms with Crippen LogP contribution in [0.25, 0.3) is 0 Å². The third kappa shape index (κ3) is 21.8. The maximum absolute atomic E-state index is 0. The molecule has 0 aromatic carbocycles. The Labute approximate surface area is 88.4 Å². The molecule has 0 N–H and O–H groups in total. The second-order valence-corrected chi connectivity index (χ2v) is 0. The van der Waals surface area contributed by atoms with Gasteiger partial charge in [-0.2, -0.15) is 0 Å². The number of hydrogen-bond donors (Lipinski definition) is 0. The Hall–Kier alpha value is 2.35. The van der Waals surface area contributed by atoms with Crippen molar-refractivity contribution in [2.75, 3.05) is 0 Å². The van der Waals surface area contributed by atoms with Crippen LogP contribution in [0.4, 0.5) is 0 Å². The van der Waals surface area contributed by atoms with E-state index in [1.54, 1.807) is 0 Å². The monoisotopic (exact) mass is 398 g/mol. The Morgan fingerprint density at radius 1 is 0.400 bits per heavy atom. The molecule has 0 bridgehead atoms. The summed E-state index contributed by atoms with van der Waals surface area (Å²) >= 11 is 0. The van der Waals surface area contributed by atoms with Gasteiger partial charge < -0.3 is 16.4 Å². The summed E-state index contributed by atoms with van der Waals surface area (Å²) in [6, 6.07) is 0. The normalized spacial score (nSPS) is 0. The zero-order valence-electron chi connectivity index (χ0n) is 1.74. The molecule has 0 rings (SSSR count). The average Bonchev–Trinajstić information content (AvgIpc) is 0. The van der Waals surface area contributed by atoms with E-state index >= 15 is 0 Å². The zero-order valence-corrected chi connectivity index (χ0v) is 5.05. The Morgan fingerprint density at radius 3 is 0.400 bits per heavy atom. The van der Waals surface area contributed by atoms with E-state index in [4.69, 9.17) is 0 Å². The van der Waals surface area contributed by atoms with Gasteiger partial charge in [-0.25, -0.2) is 0 Å². The van der Waals surface area contributed by atoms with Gasteiger partial charge in [-0.1, -0.05) is 0 Å². The van der Waals surface area contributed by atoms with Crippen molar-refractivity contribution in [3.05, 3.63) is 0 Å². The van der Waals surface area contributed by atoms with E-state index in [2.05, 4.69) is 0 Å². The van der Waals surface area contributed by atoms with Crippen LogP contribution >= 0.6 is 0 Å². The van der Waals surface area contributed by atoms with E-state index in [0.717, 1.165) is 0 Å². The topological polar surface area (TPSA) is 85.5 Å². The maximum atomic E-state index is 0. The van der Waals surface area contributed by atoms with Crippen molar-refractivity contribution < 1.29 is 90.2 Å². The zero-order chi connectivity index (χ0) is 0. The van der Waals surface area contributed by atoms with Crippen molar-refractivity contribution in [1.82, 2.24) is 0 Å². The van der Waals surface area contributed by atoms with Crippen LogP contribution < -0.4 is 0 Å². The molecule has 3 nitrogen and oxygen atoms in total. The molecule has 5 heavy (non-hydrogen) atoms. The predicted molar refractivity (Wildman–Crippen MR) is 2.06 cm³/mol. The van der Waals surface area contributed by atoms with Gasteiger partial charge in [0.05, 0.1) is 0 Å². The van der Waals surface area contributed by atoms with Gasteiger partial charge >= 0.3 is 73.7 Å². The Morgan fingerprint density at radius 2 is 0.400 bits per heavy atom. The summed E-state index contributed by atoms with van der Waals surface area (Å²) in [5.41, 5.74) is 0. The van der Waals surface area contributed by atoms with E-state index in [-0.39, 0.29) is 90.2 Å². The molecule has 0 saturated heterocycles. The minimum atomic E-state index is 0. The summed E-state index contributed by atoms with van der Waals surface area (Å²) in [7, 11) is 0. The fraction of sp³-hybridized carbons (Fsp3) is 0. The molecule has 48 valence electrons. The molecule has 0 aromatic heterocycles. The van der Waals surface area contributed by atoms with Crippen LogP contribution in [0.3, 0.4) is 0 Å². The second-order valence-electron chi connectivity index (χ2n) is 0. The third-order valence-electron chi connectivity index (χ3n) is 0. The molecule has 0 heterocycles. The van der Waals surface area contributed by atoms with Crippen LogP contribution in [-0.4, -0.2) is 0 Å². The summed E-state index contributed by atoms with van der Waals surface area (Å²) in [6.07, 6.45) is 0. The SMILES string of the molecule is [Lu+3].[Lu+3].[O-2].[O-2].[O-2]. The molecule has 0 aliphatic carbocycles. The van der Waals surface area contributed by atoms with E-state index in [1.165, 1.54) is 0 Å². The Kier molecular flexibility index (Phi) is 354. The minimum Gasteiger partial charge on any atom is -2.00 e. The van der Waals surface area contributed by atoms with Gasteiger partial charge in [-0.15, -0.1) is 0 Å². The van der Waals surface area contributed by atoms with Gasteiger partial charge in [-0.05, 0) is 0 Å². The van der Waals surface area contributed by atoms with Crippen LogP contribution in [0, 0.1) is 73.7 Å². The van der Waals surface area contributed by atoms with Crippen molar-refractivity contribution in [2.45, 2.75) is 0 Å². The summed E-state index contributed by atoms with van der Waals surface area (Å²) in [6.45, 7) is 0. The molecule has 0 radical (unpaired) electrons. The van der Waals surface area contributed by atoms with Crippen LogP contribution in [0.2, 0.25) is 0 Å². The van der Waals surface area contributed by atoms with Crippen LogP contribution in [0.1, 0.15) is 0 Å². The molecule has 5 heteroatoms. The van der Waals surface area contributed by atoms with Crippen molar-refractivity contribution in [1.29, 1.82) is 0 Å². The first kappa shape index (κ1) is 53.7. The molecule has 0 saturated carbocycles. The first-order valence-corrected chi connectivity index (χ1v) is 0. The molecular formula is Lu2O3. The van der Waals surface area contributed by atoms with Crippen molar-refractivity contribution in [3.63, 3.8) is 0 Å². The van der Waals surface area contributed by atoms with E-state index < -0.39 is 0 Å². The van der Waals surface area contributed by atoms with Crippen molar-refractivity contribution in [2.24, 2.45) is 0 Å². The molecule has 0 aromatic rings. The Balaban J connectivity index is 0. The quantitative estimate of drug-likeness (QED) is 0.535. The molecule has 0 aliphatic rings. The number of rotatable bonds is 0. The predicted octanol–water partition coefficient (Wildman–Crippen LogP) is -0.356. The fourth-order valence-electron chi connectivity index (χ4n) is 0. The Bertz CT molecular complexity index is 4.85. The third-order valence-corrected chi connectivity index (χ3v) is 0. The average molecular weight is 398 g/mol. The van der Waals surface area contributed by atoms with Crippen LogP contribution in [-0.2, 0) is 16.4 Å². The molecule has 0 spiro atoms. The van der Waals surface area contributed by atoms with Gasteiger partial charge in [0, 0.05) is 0 Å². The second kappa shape index (κ2) is 32.9. The van der Waals surface area contributed by atoms with Gasteiger partial charge in [0.1, 0.15) is 0 Å². The summed E-state index contributed by atoms with van der Waals surface area (Å²) in [5, 5.41) is 0. The summed E-state index contributed by atoms with van der Waals surface area (Å²) < 4.78 is 0. The van der Waals surface area contributed by atoms with Crippen molar-refractivity contribution in [3.8, 4) is 0 Å². The molecule has 0 atom stereocenters. The van der Waals surface area contributed by atoms with Crippen molar-refractivity contribution >= 4 is 0 Å². The molecule has 0 amide bonds. The minimum absolute atomic E-state index is 0. The smallest absolute Gasteiger partial charge is 2.00 e. The van der Waals surface area contributed by atoms with E-state index in [0.29, 0.717) is 0 Å². The van der Waals surface area contributed by atoms with E-state index in [9.17, 15) is 0 Å². The van der Waals surface area contributed by atoms with Gasteiger partial charge in [-0.3, -0.25) is 0 Å². The molecule has 0 fully saturated rings. The van der Waals surface area contributed by atoms with Gasteiger partial charge in [0.25, 0.3) is 0 Å². The fourth-order valence-corrected chi connectivity index (χ4v) is 0. The summed E-state index contributed by atoms with van der Waals surface area (Å²) in [5.74, 6) is 0. The maximum Gasteiger partial charge on any atom is 3.00 e. The van der Waals surface area contributed by atoms with Gasteiger partial charge in [0.2, 0.25) is 0 Å². The summed E-state index contributed by atoms with van der Waals surface area (Å²) in [4.78, 5) is 0. The molecule has 0 unspecified atom stereocenters. The van der Waals surface area contributed by atoms with E-state index in [1.807, 2.05) is 0 Å². The largest absolute Gasteiger partial charge is 3.00 e. The first-order valence-electron chi connectivity index (χ1n) is 0.